The number of nitrogens with one attached hydrogen (secondary N) is 1. The van der Waals surface area contributed by atoms with Gasteiger partial charge in [0.05, 0.1) is 12.8 Å². The van der Waals surface area contributed by atoms with Crippen molar-refractivity contribution in [3.63, 3.8) is 0 Å². The van der Waals surface area contributed by atoms with E-state index in [9.17, 15) is 8.42 Å². The van der Waals surface area contributed by atoms with Crippen LogP contribution in [0.5, 0.6) is 5.75 Å². The number of rotatable bonds is 5. The minimum Gasteiger partial charge on any atom is -0.495 e. The van der Waals surface area contributed by atoms with E-state index in [1.807, 2.05) is 17.7 Å². The van der Waals surface area contributed by atoms with Crippen LogP contribution in [0.2, 0.25) is 0 Å². The zero-order chi connectivity index (χ0) is 12.2. The first-order chi connectivity index (χ1) is 7.46. The third-order valence-electron chi connectivity index (χ3n) is 2.04. The van der Waals surface area contributed by atoms with Gasteiger partial charge in [0, 0.05) is 0 Å². The molecule has 0 saturated heterocycles. The molecule has 0 amide bonds. The molecule has 1 aromatic carbocycles. The minimum atomic E-state index is -4.27. The van der Waals surface area contributed by atoms with Crippen molar-refractivity contribution in [1.82, 2.24) is 0 Å². The third-order valence-corrected chi connectivity index (χ3v) is 2.52. The van der Waals surface area contributed by atoms with Gasteiger partial charge in [-0.05, 0) is 24.1 Å². The smallest absolute Gasteiger partial charge is 0.357 e. The van der Waals surface area contributed by atoms with Crippen molar-refractivity contribution in [3.8, 4) is 5.75 Å². The Morgan fingerprint density at radius 3 is 2.62 bits per heavy atom. The summed E-state index contributed by atoms with van der Waals surface area (Å²) in [5, 5.41) is 0. The van der Waals surface area contributed by atoms with Crippen LogP contribution in [-0.2, 0) is 16.7 Å². The predicted octanol–water partition coefficient (Wildman–Crippen LogP) is 1.86. The minimum absolute atomic E-state index is 0.246. The zero-order valence-electron chi connectivity index (χ0n) is 9.23. The van der Waals surface area contributed by atoms with E-state index in [0.717, 1.165) is 18.4 Å². The monoisotopic (exact) mass is 245 g/mol. The van der Waals surface area contributed by atoms with Gasteiger partial charge in [-0.2, -0.15) is 8.42 Å². The van der Waals surface area contributed by atoms with Crippen LogP contribution < -0.4 is 9.46 Å². The fraction of sp³-hybridized carbons (Fsp3) is 0.400. The fourth-order valence-corrected chi connectivity index (χ4v) is 1.86. The lowest BCUT2D eigenvalue weighted by Gasteiger charge is -2.10. The highest BCUT2D eigenvalue weighted by molar-refractivity contribution is 7.87. The quantitative estimate of drug-likeness (QED) is 0.776. The number of hydrogen-bond acceptors (Lipinski definition) is 3. The molecule has 1 rings (SSSR count). The highest BCUT2D eigenvalue weighted by Gasteiger charge is 2.10. The van der Waals surface area contributed by atoms with Crippen molar-refractivity contribution in [2.75, 3.05) is 11.8 Å². The molecular formula is C10H15NO4S. The molecule has 0 aliphatic carbocycles. The molecule has 16 heavy (non-hydrogen) atoms. The molecule has 1 aromatic rings. The van der Waals surface area contributed by atoms with Gasteiger partial charge in [0.15, 0.2) is 0 Å². The van der Waals surface area contributed by atoms with Gasteiger partial charge in [-0.1, -0.05) is 19.4 Å². The first kappa shape index (κ1) is 12.8. The van der Waals surface area contributed by atoms with Crippen molar-refractivity contribution in [1.29, 1.82) is 0 Å². The summed E-state index contributed by atoms with van der Waals surface area (Å²) < 4.78 is 37.2. The normalized spacial score (nSPS) is 11.2. The molecule has 0 saturated carbocycles. The van der Waals surface area contributed by atoms with Gasteiger partial charge in [0.2, 0.25) is 0 Å². The number of benzene rings is 1. The topological polar surface area (TPSA) is 75.6 Å². The summed E-state index contributed by atoms with van der Waals surface area (Å²) >= 11 is 0. The highest BCUT2D eigenvalue weighted by Crippen LogP contribution is 2.26. The second kappa shape index (κ2) is 5.18. The van der Waals surface area contributed by atoms with E-state index < -0.39 is 10.3 Å². The van der Waals surface area contributed by atoms with E-state index in [0.29, 0.717) is 5.75 Å². The summed E-state index contributed by atoms with van der Waals surface area (Å²) in [6.45, 7) is 2.03. The van der Waals surface area contributed by atoms with Gasteiger partial charge in [-0.25, -0.2) is 0 Å². The van der Waals surface area contributed by atoms with E-state index >= 15 is 0 Å². The third kappa shape index (κ3) is 3.71. The lowest BCUT2D eigenvalue weighted by Crippen LogP contribution is -2.11. The van der Waals surface area contributed by atoms with Crippen LogP contribution >= 0.6 is 0 Å². The van der Waals surface area contributed by atoms with Crippen molar-refractivity contribution in [3.05, 3.63) is 23.8 Å². The van der Waals surface area contributed by atoms with E-state index in [4.69, 9.17) is 9.29 Å². The van der Waals surface area contributed by atoms with Crippen molar-refractivity contribution in [2.24, 2.45) is 0 Å². The maximum atomic E-state index is 10.7. The molecule has 0 unspecified atom stereocenters. The SMILES string of the molecule is CCCc1ccc(OC)c(NS(=O)(=O)O)c1. The molecule has 6 heteroatoms. The summed E-state index contributed by atoms with van der Waals surface area (Å²) in [6.07, 6.45) is 1.79. The Balaban J connectivity index is 3.07. The summed E-state index contributed by atoms with van der Waals surface area (Å²) in [4.78, 5) is 0. The number of anilines is 1. The van der Waals surface area contributed by atoms with E-state index in [-0.39, 0.29) is 5.69 Å². The van der Waals surface area contributed by atoms with Gasteiger partial charge in [0.1, 0.15) is 5.75 Å². The maximum absolute atomic E-state index is 10.7. The molecule has 0 aliphatic rings. The Morgan fingerprint density at radius 1 is 1.44 bits per heavy atom. The van der Waals surface area contributed by atoms with Crippen LogP contribution in [-0.4, -0.2) is 20.1 Å². The molecular weight excluding hydrogens is 230 g/mol. The van der Waals surface area contributed by atoms with Crippen molar-refractivity contribution < 1.29 is 17.7 Å². The van der Waals surface area contributed by atoms with Crippen LogP contribution in [0, 0.1) is 0 Å². The first-order valence-electron chi connectivity index (χ1n) is 4.88. The van der Waals surface area contributed by atoms with Gasteiger partial charge in [0.25, 0.3) is 0 Å². The summed E-state index contributed by atoms with van der Waals surface area (Å²) in [6, 6.07) is 5.17. The van der Waals surface area contributed by atoms with Crippen LogP contribution in [0.3, 0.4) is 0 Å². The zero-order valence-corrected chi connectivity index (χ0v) is 10.0. The van der Waals surface area contributed by atoms with Crippen LogP contribution in [0.4, 0.5) is 5.69 Å². The second-order valence-corrected chi connectivity index (χ2v) is 4.52. The fourth-order valence-electron chi connectivity index (χ4n) is 1.42. The molecule has 0 atom stereocenters. The Bertz CT molecular complexity index is 456. The largest absolute Gasteiger partial charge is 0.495 e. The summed E-state index contributed by atoms with van der Waals surface area (Å²) in [5.41, 5.74) is 1.23. The Labute approximate surface area is 95.3 Å². The molecule has 0 fully saturated rings. The van der Waals surface area contributed by atoms with Crippen LogP contribution in [0.25, 0.3) is 0 Å². The number of methoxy groups -OCH3 is 1. The first-order valence-corrected chi connectivity index (χ1v) is 6.32. The average Bonchev–Trinajstić information content (AvgIpc) is 2.16. The number of aryl methyl sites for hydroxylation is 1. The molecule has 0 radical (unpaired) electrons. The molecule has 90 valence electrons. The van der Waals surface area contributed by atoms with Gasteiger partial charge >= 0.3 is 10.3 Å². The molecule has 0 aliphatic heterocycles. The van der Waals surface area contributed by atoms with Crippen LogP contribution in [0.15, 0.2) is 18.2 Å². The second-order valence-electron chi connectivity index (χ2n) is 3.36. The summed E-state index contributed by atoms with van der Waals surface area (Å²) in [5.74, 6) is 0.373. The number of hydrogen-bond donors (Lipinski definition) is 2. The van der Waals surface area contributed by atoms with E-state index in [1.165, 1.54) is 7.11 Å². The Morgan fingerprint density at radius 2 is 2.12 bits per heavy atom. The molecule has 5 nitrogen and oxygen atoms in total. The lowest BCUT2D eigenvalue weighted by atomic mass is 10.1. The van der Waals surface area contributed by atoms with Gasteiger partial charge in [-0.15, -0.1) is 0 Å². The molecule has 0 heterocycles. The molecule has 0 bridgehead atoms. The van der Waals surface area contributed by atoms with Crippen molar-refractivity contribution >= 4 is 16.0 Å². The van der Waals surface area contributed by atoms with E-state index in [1.54, 1.807) is 12.1 Å². The number of ether oxygens (including phenoxy) is 1. The molecule has 0 aromatic heterocycles. The van der Waals surface area contributed by atoms with Crippen LogP contribution in [0.1, 0.15) is 18.9 Å². The standard InChI is InChI=1S/C10H15NO4S/c1-3-4-8-5-6-10(15-2)9(7-8)11-16(12,13)14/h5-7,11H,3-4H2,1-2H3,(H,12,13,14). The molecule has 2 N–H and O–H groups in total. The Hall–Kier alpha value is -1.27. The highest BCUT2D eigenvalue weighted by atomic mass is 32.2. The Kier molecular flexibility index (Phi) is 4.14. The van der Waals surface area contributed by atoms with Gasteiger partial charge in [-0.3, -0.25) is 9.27 Å². The predicted molar refractivity (Wildman–Crippen MR) is 62.2 cm³/mol. The summed E-state index contributed by atoms with van der Waals surface area (Å²) in [7, 11) is -2.84. The van der Waals surface area contributed by atoms with E-state index in [2.05, 4.69) is 0 Å². The maximum Gasteiger partial charge on any atom is 0.357 e. The van der Waals surface area contributed by atoms with Gasteiger partial charge < -0.3 is 4.74 Å². The lowest BCUT2D eigenvalue weighted by molar-refractivity contribution is 0.416. The van der Waals surface area contributed by atoms with Crippen molar-refractivity contribution in [2.45, 2.75) is 19.8 Å². The molecule has 0 spiro atoms. The average molecular weight is 245 g/mol.